The predicted molar refractivity (Wildman–Crippen MR) is 104 cm³/mol. The summed E-state index contributed by atoms with van der Waals surface area (Å²) >= 11 is 0. The zero-order valence-electron chi connectivity index (χ0n) is 15.1. The molecule has 0 saturated carbocycles. The van der Waals surface area contributed by atoms with Gasteiger partial charge < -0.3 is 0 Å². The van der Waals surface area contributed by atoms with Crippen molar-refractivity contribution in [3.8, 4) is 12.3 Å². The summed E-state index contributed by atoms with van der Waals surface area (Å²) in [5.41, 5.74) is 2.87. The van der Waals surface area contributed by atoms with E-state index in [-0.39, 0.29) is 11.8 Å². The molecule has 4 amide bonds. The van der Waals surface area contributed by atoms with E-state index < -0.39 is 11.8 Å². The van der Waals surface area contributed by atoms with E-state index in [4.69, 9.17) is 6.42 Å². The normalized spacial score (nSPS) is 12.8. The highest BCUT2D eigenvalue weighted by Gasteiger charge is 2.24. The molecule has 1 heterocycles. The van der Waals surface area contributed by atoms with Gasteiger partial charge in [0.25, 0.3) is 11.8 Å². The van der Waals surface area contributed by atoms with Crippen LogP contribution in [-0.2, 0) is 25.6 Å². The van der Waals surface area contributed by atoms with Gasteiger partial charge in [0.2, 0.25) is 5.91 Å². The molecule has 0 fully saturated rings. The lowest BCUT2D eigenvalue weighted by Crippen LogP contribution is -2.33. The van der Waals surface area contributed by atoms with Crippen LogP contribution in [-0.4, -0.2) is 23.6 Å². The molecule has 0 aromatic heterocycles. The number of hydrogen-bond donors (Lipinski definition) is 0. The third kappa shape index (κ3) is 3.74. The van der Waals surface area contributed by atoms with Crippen LogP contribution in [0.25, 0.3) is 0 Å². The van der Waals surface area contributed by atoms with Crippen molar-refractivity contribution in [3.05, 3.63) is 71.8 Å². The highest BCUT2D eigenvalue weighted by molar-refractivity contribution is 6.28. The fourth-order valence-corrected chi connectivity index (χ4v) is 2.92. The Morgan fingerprint density at radius 1 is 0.929 bits per heavy atom. The maximum atomic E-state index is 11.7. The fourth-order valence-electron chi connectivity index (χ4n) is 2.92. The molecule has 0 unspecified atom stereocenters. The molecule has 2 aromatic carbocycles. The lowest BCUT2D eigenvalue weighted by atomic mass is 10.0. The molecule has 0 aliphatic carbocycles. The average molecular weight is 372 g/mol. The van der Waals surface area contributed by atoms with Crippen LogP contribution in [0.1, 0.15) is 18.1 Å². The van der Waals surface area contributed by atoms with E-state index in [2.05, 4.69) is 0 Å². The van der Waals surface area contributed by atoms with Crippen LogP contribution in [0.15, 0.2) is 60.7 Å². The van der Waals surface area contributed by atoms with E-state index in [0.717, 1.165) is 20.9 Å². The van der Waals surface area contributed by atoms with E-state index in [1.807, 2.05) is 18.1 Å². The molecule has 28 heavy (non-hydrogen) atoms. The molecule has 0 N–H and O–H groups in total. The van der Waals surface area contributed by atoms with Crippen molar-refractivity contribution in [2.45, 2.75) is 13.3 Å². The molecule has 1 aliphatic rings. The van der Waals surface area contributed by atoms with Crippen molar-refractivity contribution < 1.29 is 19.2 Å². The van der Waals surface area contributed by atoms with Crippen LogP contribution in [0.2, 0.25) is 0 Å². The summed E-state index contributed by atoms with van der Waals surface area (Å²) in [5, 5.41) is 0. The van der Waals surface area contributed by atoms with Crippen LogP contribution in [0.5, 0.6) is 0 Å². The van der Waals surface area contributed by atoms with E-state index in [1.165, 1.54) is 19.1 Å². The second-order valence-electron chi connectivity index (χ2n) is 6.16. The molecule has 3 rings (SSSR count). The van der Waals surface area contributed by atoms with Crippen LogP contribution >= 0.6 is 0 Å². The Bertz CT molecular complexity index is 1010. The van der Waals surface area contributed by atoms with Crippen molar-refractivity contribution in [1.82, 2.24) is 0 Å². The van der Waals surface area contributed by atoms with Gasteiger partial charge in [-0.3, -0.25) is 19.2 Å². The maximum Gasteiger partial charge on any atom is 0.309 e. The maximum absolute atomic E-state index is 11.7. The van der Waals surface area contributed by atoms with Crippen molar-refractivity contribution in [2.24, 2.45) is 0 Å². The topological polar surface area (TPSA) is 74.8 Å². The molecule has 0 atom stereocenters. The molecule has 6 heteroatoms. The van der Waals surface area contributed by atoms with Gasteiger partial charge in [-0.05, 0) is 47.7 Å². The number of nitrogens with zero attached hydrogens (tertiary/aromatic N) is 2. The standard InChI is InChI=1S/C22H16N2O4/c1-3-20(26)23(15(2)25)18-8-4-16(5-9-18)14-17-6-10-19(11-7-17)24-21(27)12-13-22(24)28/h1,4-13H,14H2,2H3. The predicted octanol–water partition coefficient (Wildman–Crippen LogP) is 2.22. The lowest BCUT2D eigenvalue weighted by molar-refractivity contribution is -0.123. The van der Waals surface area contributed by atoms with Crippen molar-refractivity contribution in [2.75, 3.05) is 9.80 Å². The number of carbonyl (C=O) groups excluding carboxylic acids is 4. The number of carbonyl (C=O) groups is 4. The largest absolute Gasteiger partial charge is 0.309 e. The summed E-state index contributed by atoms with van der Waals surface area (Å²) in [6.45, 7) is 1.27. The monoisotopic (exact) mass is 372 g/mol. The molecule has 0 saturated heterocycles. The number of terminal acetylenes is 1. The number of anilines is 2. The van der Waals surface area contributed by atoms with Crippen molar-refractivity contribution in [1.29, 1.82) is 0 Å². The zero-order valence-corrected chi connectivity index (χ0v) is 15.1. The van der Waals surface area contributed by atoms with Gasteiger partial charge in [-0.15, -0.1) is 6.42 Å². The minimum atomic E-state index is -0.712. The van der Waals surface area contributed by atoms with Crippen LogP contribution in [0.4, 0.5) is 11.4 Å². The van der Waals surface area contributed by atoms with E-state index >= 15 is 0 Å². The van der Waals surface area contributed by atoms with Gasteiger partial charge in [-0.25, -0.2) is 9.80 Å². The average Bonchev–Trinajstić information content (AvgIpc) is 3.02. The molecule has 0 spiro atoms. The lowest BCUT2D eigenvalue weighted by Gasteiger charge is -2.16. The third-order valence-electron chi connectivity index (χ3n) is 4.25. The first-order valence-corrected chi connectivity index (χ1v) is 8.46. The smallest absolute Gasteiger partial charge is 0.274 e. The zero-order chi connectivity index (χ0) is 20.3. The highest BCUT2D eigenvalue weighted by Crippen LogP contribution is 2.22. The van der Waals surface area contributed by atoms with E-state index in [0.29, 0.717) is 17.8 Å². The van der Waals surface area contributed by atoms with Gasteiger partial charge in [0.1, 0.15) is 0 Å². The number of hydrogen-bond acceptors (Lipinski definition) is 4. The van der Waals surface area contributed by atoms with Crippen molar-refractivity contribution >= 4 is 35.0 Å². The Morgan fingerprint density at radius 2 is 1.43 bits per heavy atom. The van der Waals surface area contributed by atoms with Gasteiger partial charge in [-0.2, -0.15) is 0 Å². The number of amides is 4. The number of benzene rings is 2. The summed E-state index contributed by atoms with van der Waals surface area (Å²) in [5.74, 6) is 0.0668. The Hall–Kier alpha value is -3.98. The molecule has 6 nitrogen and oxygen atoms in total. The summed E-state index contributed by atoms with van der Waals surface area (Å²) in [4.78, 5) is 48.9. The third-order valence-corrected chi connectivity index (χ3v) is 4.25. The Kier molecular flexibility index (Phi) is 5.18. The molecule has 2 aromatic rings. The summed E-state index contributed by atoms with van der Waals surface area (Å²) in [7, 11) is 0. The van der Waals surface area contributed by atoms with Gasteiger partial charge in [0.15, 0.2) is 0 Å². The molecular weight excluding hydrogens is 356 g/mol. The number of rotatable bonds is 4. The first-order chi connectivity index (χ1) is 13.4. The SMILES string of the molecule is C#CC(=O)N(C(C)=O)c1ccc(Cc2ccc(N3C(=O)C=CC3=O)cc2)cc1. The summed E-state index contributed by atoms with van der Waals surface area (Å²) in [6.07, 6.45) is 8.20. The van der Waals surface area contributed by atoms with Gasteiger partial charge in [-0.1, -0.05) is 24.3 Å². The fraction of sp³-hybridized carbons (Fsp3) is 0.0909. The van der Waals surface area contributed by atoms with Gasteiger partial charge in [0, 0.05) is 19.1 Å². The second-order valence-corrected chi connectivity index (χ2v) is 6.16. The summed E-state index contributed by atoms with van der Waals surface area (Å²) < 4.78 is 0. The van der Waals surface area contributed by atoms with E-state index in [9.17, 15) is 19.2 Å². The van der Waals surface area contributed by atoms with E-state index in [1.54, 1.807) is 36.4 Å². The van der Waals surface area contributed by atoms with Gasteiger partial charge >= 0.3 is 5.91 Å². The Labute approximate surface area is 162 Å². The first-order valence-electron chi connectivity index (χ1n) is 8.46. The minimum Gasteiger partial charge on any atom is -0.274 e. The molecular formula is C22H16N2O4. The van der Waals surface area contributed by atoms with Gasteiger partial charge in [0.05, 0.1) is 11.4 Å². The molecule has 0 radical (unpaired) electrons. The minimum absolute atomic E-state index is 0.357. The first kappa shape index (κ1) is 18.8. The molecule has 0 bridgehead atoms. The van der Waals surface area contributed by atoms with Crippen LogP contribution < -0.4 is 9.80 Å². The summed E-state index contributed by atoms with van der Waals surface area (Å²) in [6, 6.07) is 14.0. The Balaban J connectivity index is 1.73. The quantitative estimate of drug-likeness (QED) is 0.609. The Morgan fingerprint density at radius 3 is 1.89 bits per heavy atom. The number of imide groups is 2. The highest BCUT2D eigenvalue weighted by atomic mass is 16.2. The second kappa shape index (κ2) is 7.72. The molecule has 138 valence electrons. The van der Waals surface area contributed by atoms with Crippen molar-refractivity contribution in [3.63, 3.8) is 0 Å². The van der Waals surface area contributed by atoms with Crippen LogP contribution in [0.3, 0.4) is 0 Å². The van der Waals surface area contributed by atoms with Crippen LogP contribution in [0, 0.1) is 12.3 Å². The molecule has 1 aliphatic heterocycles.